The fourth-order valence-electron chi connectivity index (χ4n) is 0.942. The lowest BCUT2D eigenvalue weighted by molar-refractivity contribution is 0.223. The number of nitrogen functional groups attached to an aromatic ring is 1. The van der Waals surface area contributed by atoms with Crippen molar-refractivity contribution in [2.45, 2.75) is 6.10 Å². The number of anilines is 1. The quantitative estimate of drug-likeness (QED) is 0.820. The third kappa shape index (κ3) is 2.05. The molecule has 0 saturated carbocycles. The topological polar surface area (TPSA) is 72.0 Å². The number of rotatable bonds is 2. The molecule has 2 heterocycles. The Hall–Kier alpha value is -0.250. The van der Waals surface area contributed by atoms with Crippen molar-refractivity contribution in [2.75, 3.05) is 5.73 Å². The van der Waals surface area contributed by atoms with E-state index in [2.05, 4.69) is 32.6 Å². The number of nitrogens with zero attached hydrogens (tertiary/aromatic N) is 2. The third-order valence-corrected chi connectivity index (χ3v) is 4.20. The molecule has 4 nitrogen and oxygen atoms in total. The third-order valence-electron chi connectivity index (χ3n) is 1.54. The van der Waals surface area contributed by atoms with Crippen LogP contribution in [0.25, 0.3) is 0 Å². The van der Waals surface area contributed by atoms with Crippen LogP contribution in [-0.2, 0) is 0 Å². The molecule has 3 N–H and O–H groups in total. The van der Waals surface area contributed by atoms with Crippen molar-refractivity contribution in [1.82, 2.24) is 9.97 Å². The van der Waals surface area contributed by atoms with Crippen LogP contribution in [0.2, 0.25) is 0 Å². The number of hydrogen-bond acceptors (Lipinski definition) is 6. The molecule has 0 radical (unpaired) electrons. The van der Waals surface area contributed by atoms with E-state index in [1.807, 2.05) is 0 Å². The highest BCUT2D eigenvalue weighted by atomic mass is 127. The molecule has 0 aliphatic heterocycles. The fraction of sp³-hybridized carbons (Fsp3) is 0.143. The van der Waals surface area contributed by atoms with Crippen molar-refractivity contribution in [3.63, 3.8) is 0 Å². The van der Waals surface area contributed by atoms with Gasteiger partial charge in [0.1, 0.15) is 11.1 Å². The van der Waals surface area contributed by atoms with Crippen LogP contribution < -0.4 is 5.73 Å². The first-order valence-corrected chi connectivity index (χ1v) is 6.38. The lowest BCUT2D eigenvalue weighted by atomic mass is 10.3. The monoisotopic (exact) mass is 339 g/mol. The SMILES string of the molecule is Nc1ncc(C(O)c2ncc(I)s2)s1. The van der Waals surface area contributed by atoms with Gasteiger partial charge in [0, 0.05) is 6.20 Å². The van der Waals surface area contributed by atoms with E-state index >= 15 is 0 Å². The Labute approximate surface area is 102 Å². The Kier molecular flexibility index (Phi) is 3.00. The minimum Gasteiger partial charge on any atom is -0.380 e. The van der Waals surface area contributed by atoms with E-state index in [9.17, 15) is 5.11 Å². The number of nitrogens with two attached hydrogens (primary N) is 1. The van der Waals surface area contributed by atoms with E-state index < -0.39 is 6.10 Å². The van der Waals surface area contributed by atoms with Gasteiger partial charge in [0.05, 0.1) is 14.0 Å². The summed E-state index contributed by atoms with van der Waals surface area (Å²) in [5.41, 5.74) is 5.48. The summed E-state index contributed by atoms with van der Waals surface area (Å²) in [6.07, 6.45) is 2.62. The molecule has 0 aliphatic rings. The molecule has 1 atom stereocenters. The smallest absolute Gasteiger partial charge is 0.180 e. The van der Waals surface area contributed by atoms with E-state index in [1.54, 1.807) is 12.4 Å². The fourth-order valence-corrected chi connectivity index (χ4v) is 3.16. The highest BCUT2D eigenvalue weighted by Gasteiger charge is 2.16. The Balaban J connectivity index is 2.28. The van der Waals surface area contributed by atoms with E-state index in [0.717, 1.165) is 7.76 Å². The average molecular weight is 339 g/mol. The maximum atomic E-state index is 9.88. The van der Waals surface area contributed by atoms with Gasteiger partial charge in [-0.2, -0.15) is 0 Å². The van der Waals surface area contributed by atoms with Crippen molar-refractivity contribution in [1.29, 1.82) is 0 Å². The van der Waals surface area contributed by atoms with Gasteiger partial charge in [-0.25, -0.2) is 9.97 Å². The number of hydrogen-bond donors (Lipinski definition) is 2. The predicted molar refractivity (Wildman–Crippen MR) is 65.4 cm³/mol. The zero-order valence-electron chi connectivity index (χ0n) is 6.85. The lowest BCUT2D eigenvalue weighted by Gasteiger charge is -2.01. The first kappa shape index (κ1) is 10.3. The number of thiazole rings is 2. The summed E-state index contributed by atoms with van der Waals surface area (Å²) in [6.45, 7) is 0. The second-order valence-corrected chi connectivity index (χ2v) is 6.56. The molecule has 0 aliphatic carbocycles. The summed E-state index contributed by atoms with van der Waals surface area (Å²) >= 11 is 4.91. The molecule has 74 valence electrons. The highest BCUT2D eigenvalue weighted by molar-refractivity contribution is 14.1. The first-order valence-electron chi connectivity index (χ1n) is 3.67. The van der Waals surface area contributed by atoms with Gasteiger partial charge in [0.2, 0.25) is 0 Å². The van der Waals surface area contributed by atoms with Crippen LogP contribution in [0.4, 0.5) is 5.13 Å². The zero-order chi connectivity index (χ0) is 10.1. The van der Waals surface area contributed by atoms with Gasteiger partial charge in [-0.1, -0.05) is 11.3 Å². The van der Waals surface area contributed by atoms with Gasteiger partial charge in [-0.3, -0.25) is 0 Å². The molecule has 14 heavy (non-hydrogen) atoms. The van der Waals surface area contributed by atoms with Crippen molar-refractivity contribution < 1.29 is 5.11 Å². The van der Waals surface area contributed by atoms with E-state index in [-0.39, 0.29) is 0 Å². The Morgan fingerprint density at radius 2 is 2.14 bits per heavy atom. The molecule has 2 aromatic rings. The van der Waals surface area contributed by atoms with Crippen LogP contribution in [-0.4, -0.2) is 15.1 Å². The zero-order valence-corrected chi connectivity index (χ0v) is 10.6. The molecule has 2 aromatic heterocycles. The second kappa shape index (κ2) is 4.09. The predicted octanol–water partition coefficient (Wildman–Crippen LogP) is 1.87. The Morgan fingerprint density at radius 3 is 2.64 bits per heavy atom. The molecule has 0 amide bonds. The summed E-state index contributed by atoms with van der Waals surface area (Å²) in [5.74, 6) is 0. The largest absolute Gasteiger partial charge is 0.380 e. The number of halogens is 1. The van der Waals surface area contributed by atoms with Gasteiger partial charge in [-0.15, -0.1) is 11.3 Å². The molecule has 1 unspecified atom stereocenters. The van der Waals surface area contributed by atoms with Crippen LogP contribution >= 0.6 is 45.3 Å². The lowest BCUT2D eigenvalue weighted by Crippen LogP contribution is -1.95. The van der Waals surface area contributed by atoms with Crippen LogP contribution in [0.1, 0.15) is 16.0 Å². The van der Waals surface area contributed by atoms with Crippen molar-refractivity contribution >= 4 is 50.4 Å². The molecular formula is C7H6IN3OS2. The van der Waals surface area contributed by atoms with Crippen LogP contribution in [0.3, 0.4) is 0 Å². The highest BCUT2D eigenvalue weighted by Crippen LogP contribution is 2.30. The normalized spacial score (nSPS) is 13.0. The second-order valence-electron chi connectivity index (χ2n) is 2.51. The maximum absolute atomic E-state index is 9.88. The number of aromatic nitrogens is 2. The van der Waals surface area contributed by atoms with Gasteiger partial charge in [0.15, 0.2) is 5.13 Å². The van der Waals surface area contributed by atoms with E-state index in [1.165, 1.54) is 22.7 Å². The Morgan fingerprint density at radius 1 is 1.36 bits per heavy atom. The minimum atomic E-state index is -0.696. The summed E-state index contributed by atoms with van der Waals surface area (Å²) in [6, 6.07) is 0. The van der Waals surface area contributed by atoms with Crippen LogP contribution in [0.5, 0.6) is 0 Å². The number of aliphatic hydroxyl groups is 1. The molecular weight excluding hydrogens is 333 g/mol. The standard InChI is InChI=1S/C7H6IN3OS2/c8-4-2-10-6(14-4)5(12)3-1-11-7(9)13-3/h1-2,5,12H,(H2,9,11). The molecule has 0 aromatic carbocycles. The van der Waals surface area contributed by atoms with Gasteiger partial charge in [-0.05, 0) is 22.6 Å². The van der Waals surface area contributed by atoms with Gasteiger partial charge < -0.3 is 10.8 Å². The van der Waals surface area contributed by atoms with E-state index in [4.69, 9.17) is 5.73 Å². The molecule has 7 heteroatoms. The van der Waals surface area contributed by atoms with Gasteiger partial charge in [0.25, 0.3) is 0 Å². The van der Waals surface area contributed by atoms with Crippen LogP contribution in [0.15, 0.2) is 12.4 Å². The molecule has 2 rings (SSSR count). The summed E-state index contributed by atoms with van der Waals surface area (Å²) in [4.78, 5) is 8.71. The molecule has 0 bridgehead atoms. The van der Waals surface area contributed by atoms with Gasteiger partial charge >= 0.3 is 0 Å². The number of aliphatic hydroxyl groups excluding tert-OH is 1. The van der Waals surface area contributed by atoms with Crippen molar-refractivity contribution in [3.05, 3.63) is 25.2 Å². The summed E-state index contributed by atoms with van der Waals surface area (Å²) < 4.78 is 1.05. The Bertz CT molecular complexity index is 401. The molecule has 0 fully saturated rings. The summed E-state index contributed by atoms with van der Waals surface area (Å²) in [5, 5.41) is 11.0. The molecule has 0 saturated heterocycles. The maximum Gasteiger partial charge on any atom is 0.180 e. The first-order chi connectivity index (χ1) is 6.66. The minimum absolute atomic E-state index is 0.463. The average Bonchev–Trinajstić information content (AvgIpc) is 2.73. The molecule has 0 spiro atoms. The van der Waals surface area contributed by atoms with E-state index in [0.29, 0.717) is 10.1 Å². The summed E-state index contributed by atoms with van der Waals surface area (Å²) in [7, 11) is 0. The van der Waals surface area contributed by atoms with Crippen LogP contribution in [0, 0.1) is 2.88 Å². The van der Waals surface area contributed by atoms with Crippen molar-refractivity contribution in [3.8, 4) is 0 Å². The van der Waals surface area contributed by atoms with Crippen molar-refractivity contribution in [2.24, 2.45) is 0 Å².